The first kappa shape index (κ1) is 18.5. The van der Waals surface area contributed by atoms with E-state index in [-0.39, 0.29) is 18.2 Å². The third kappa shape index (κ3) is 6.94. The second kappa shape index (κ2) is 8.18. The first-order valence-corrected chi connectivity index (χ1v) is 8.00. The van der Waals surface area contributed by atoms with Crippen molar-refractivity contribution in [3.05, 3.63) is 35.4 Å². The highest BCUT2D eigenvalue weighted by molar-refractivity contribution is 5.68. The van der Waals surface area contributed by atoms with Crippen LogP contribution in [0.15, 0.2) is 24.3 Å². The summed E-state index contributed by atoms with van der Waals surface area (Å²) in [6.45, 7) is 12.6. The van der Waals surface area contributed by atoms with E-state index < -0.39 is 5.60 Å². The highest BCUT2D eigenvalue weighted by Gasteiger charge is 2.19. The van der Waals surface area contributed by atoms with Crippen molar-refractivity contribution in [2.45, 2.75) is 65.6 Å². The monoisotopic (exact) mass is 306 g/mol. The van der Waals surface area contributed by atoms with Gasteiger partial charge in [-0.25, -0.2) is 4.79 Å². The van der Waals surface area contributed by atoms with Crippen molar-refractivity contribution < 1.29 is 9.53 Å². The highest BCUT2D eigenvalue weighted by Crippen LogP contribution is 2.13. The lowest BCUT2D eigenvalue weighted by molar-refractivity contribution is 0.0502. The summed E-state index contributed by atoms with van der Waals surface area (Å²) < 4.78 is 5.30. The van der Waals surface area contributed by atoms with E-state index in [0.29, 0.717) is 6.54 Å². The van der Waals surface area contributed by atoms with Gasteiger partial charge >= 0.3 is 6.09 Å². The number of nitrogens with one attached hydrogen (secondary N) is 2. The molecule has 0 saturated heterocycles. The molecule has 1 aromatic rings. The second-order valence-electron chi connectivity index (χ2n) is 6.79. The average Bonchev–Trinajstić information content (AvgIpc) is 2.41. The highest BCUT2D eigenvalue weighted by atomic mass is 16.6. The Hall–Kier alpha value is -1.55. The molecule has 0 heterocycles. The largest absolute Gasteiger partial charge is 0.444 e. The van der Waals surface area contributed by atoms with Gasteiger partial charge in [0, 0.05) is 18.6 Å². The molecule has 1 aromatic carbocycles. The molecule has 2 atom stereocenters. The zero-order valence-corrected chi connectivity index (χ0v) is 14.7. The summed E-state index contributed by atoms with van der Waals surface area (Å²) >= 11 is 0. The number of rotatable bonds is 6. The van der Waals surface area contributed by atoms with Gasteiger partial charge in [-0.2, -0.15) is 0 Å². The maximum atomic E-state index is 11.8. The fourth-order valence-corrected chi connectivity index (χ4v) is 2.06. The molecule has 4 nitrogen and oxygen atoms in total. The maximum Gasteiger partial charge on any atom is 0.407 e. The Morgan fingerprint density at radius 3 is 2.32 bits per heavy atom. The van der Waals surface area contributed by atoms with Crippen molar-refractivity contribution in [1.82, 2.24) is 10.6 Å². The van der Waals surface area contributed by atoms with Crippen LogP contribution in [0.2, 0.25) is 0 Å². The number of aryl methyl sites for hydroxylation is 1. The molecule has 4 heteroatoms. The first-order valence-electron chi connectivity index (χ1n) is 8.00. The SMILES string of the molecule is CCC(CNC(C)c1ccc(C)cc1)NC(=O)OC(C)(C)C. The molecule has 2 unspecified atom stereocenters. The molecular formula is C18H30N2O2. The average molecular weight is 306 g/mol. The summed E-state index contributed by atoms with van der Waals surface area (Å²) in [5.41, 5.74) is 2.04. The number of hydrogen-bond donors (Lipinski definition) is 2. The van der Waals surface area contributed by atoms with Crippen molar-refractivity contribution >= 4 is 6.09 Å². The molecule has 0 fully saturated rings. The van der Waals surface area contributed by atoms with E-state index in [2.05, 4.69) is 55.7 Å². The third-order valence-electron chi connectivity index (χ3n) is 3.46. The third-order valence-corrected chi connectivity index (χ3v) is 3.46. The topological polar surface area (TPSA) is 50.4 Å². The van der Waals surface area contributed by atoms with Gasteiger partial charge in [-0.1, -0.05) is 36.8 Å². The van der Waals surface area contributed by atoms with Gasteiger partial charge in [-0.3, -0.25) is 0 Å². The predicted molar refractivity (Wildman–Crippen MR) is 91.0 cm³/mol. The van der Waals surface area contributed by atoms with Crippen LogP contribution >= 0.6 is 0 Å². The second-order valence-corrected chi connectivity index (χ2v) is 6.79. The van der Waals surface area contributed by atoms with Gasteiger partial charge < -0.3 is 15.4 Å². The van der Waals surface area contributed by atoms with E-state index >= 15 is 0 Å². The molecular weight excluding hydrogens is 276 g/mol. The number of ether oxygens (including phenoxy) is 1. The fourth-order valence-electron chi connectivity index (χ4n) is 2.06. The molecule has 0 spiro atoms. The summed E-state index contributed by atoms with van der Waals surface area (Å²) in [6, 6.07) is 8.80. The van der Waals surface area contributed by atoms with Crippen LogP contribution < -0.4 is 10.6 Å². The number of hydrogen-bond acceptors (Lipinski definition) is 3. The van der Waals surface area contributed by atoms with Gasteiger partial charge in [-0.15, -0.1) is 0 Å². The Morgan fingerprint density at radius 1 is 1.23 bits per heavy atom. The van der Waals surface area contributed by atoms with Crippen LogP contribution in [-0.4, -0.2) is 24.3 Å². The lowest BCUT2D eigenvalue weighted by atomic mass is 10.1. The van der Waals surface area contributed by atoms with Crippen LogP contribution in [-0.2, 0) is 4.74 Å². The number of amides is 1. The van der Waals surface area contributed by atoms with Gasteiger partial charge in [0.15, 0.2) is 0 Å². The Morgan fingerprint density at radius 2 is 1.82 bits per heavy atom. The van der Waals surface area contributed by atoms with Crippen molar-refractivity contribution in [2.75, 3.05) is 6.54 Å². The molecule has 0 aliphatic rings. The predicted octanol–water partition coefficient (Wildman–Crippen LogP) is 3.95. The van der Waals surface area contributed by atoms with Gasteiger partial charge in [0.25, 0.3) is 0 Å². The van der Waals surface area contributed by atoms with Gasteiger partial charge in [0.1, 0.15) is 5.60 Å². The Labute approximate surface area is 134 Å². The Bertz CT molecular complexity index is 463. The van der Waals surface area contributed by atoms with Crippen molar-refractivity contribution in [3.8, 4) is 0 Å². The van der Waals surface area contributed by atoms with Crippen molar-refractivity contribution in [2.24, 2.45) is 0 Å². The Kier molecular flexibility index (Phi) is 6.88. The van der Waals surface area contributed by atoms with E-state index in [1.54, 1.807) is 0 Å². The Balaban J connectivity index is 2.46. The standard InChI is InChI=1S/C18H30N2O2/c1-7-16(20-17(21)22-18(4,5)6)12-19-14(3)15-10-8-13(2)9-11-15/h8-11,14,16,19H,7,12H2,1-6H3,(H,20,21). The molecule has 22 heavy (non-hydrogen) atoms. The van der Waals surface area contributed by atoms with Crippen molar-refractivity contribution in [1.29, 1.82) is 0 Å². The maximum absolute atomic E-state index is 11.8. The van der Waals surface area contributed by atoms with Crippen molar-refractivity contribution in [3.63, 3.8) is 0 Å². The molecule has 0 radical (unpaired) electrons. The number of alkyl carbamates (subject to hydrolysis) is 1. The minimum atomic E-state index is -0.467. The van der Waals surface area contributed by atoms with Crippen LogP contribution in [0, 0.1) is 6.92 Å². The number of carbonyl (C=O) groups is 1. The molecule has 0 aromatic heterocycles. The van der Waals surface area contributed by atoms with E-state index in [1.807, 2.05) is 20.8 Å². The molecule has 0 aliphatic heterocycles. The van der Waals surface area contributed by atoms with Gasteiger partial charge in [0.05, 0.1) is 0 Å². The summed E-state index contributed by atoms with van der Waals surface area (Å²) in [7, 11) is 0. The van der Waals surface area contributed by atoms with E-state index in [9.17, 15) is 4.79 Å². The molecule has 2 N–H and O–H groups in total. The summed E-state index contributed by atoms with van der Waals surface area (Å²) in [4.78, 5) is 11.8. The summed E-state index contributed by atoms with van der Waals surface area (Å²) in [5.74, 6) is 0. The molecule has 1 amide bonds. The number of benzene rings is 1. The quantitative estimate of drug-likeness (QED) is 0.836. The van der Waals surface area contributed by atoms with Crippen LogP contribution in [0.25, 0.3) is 0 Å². The first-order chi connectivity index (χ1) is 10.2. The normalized spacial score (nSPS) is 14.3. The molecule has 124 valence electrons. The van der Waals surface area contributed by atoms with Gasteiger partial charge in [-0.05, 0) is 46.6 Å². The molecule has 1 rings (SSSR count). The summed E-state index contributed by atoms with van der Waals surface area (Å²) in [5, 5.41) is 6.38. The zero-order valence-electron chi connectivity index (χ0n) is 14.7. The minimum Gasteiger partial charge on any atom is -0.444 e. The lowest BCUT2D eigenvalue weighted by Crippen LogP contribution is -2.44. The van der Waals surface area contributed by atoms with Crippen LogP contribution in [0.4, 0.5) is 4.79 Å². The van der Waals surface area contributed by atoms with E-state index in [1.165, 1.54) is 11.1 Å². The van der Waals surface area contributed by atoms with Gasteiger partial charge in [0.2, 0.25) is 0 Å². The van der Waals surface area contributed by atoms with Crippen LogP contribution in [0.1, 0.15) is 58.2 Å². The molecule has 0 saturated carbocycles. The molecule has 0 bridgehead atoms. The smallest absolute Gasteiger partial charge is 0.407 e. The molecule has 0 aliphatic carbocycles. The van der Waals surface area contributed by atoms with E-state index in [4.69, 9.17) is 4.74 Å². The summed E-state index contributed by atoms with van der Waals surface area (Å²) in [6.07, 6.45) is 0.497. The zero-order chi connectivity index (χ0) is 16.8. The number of carbonyl (C=O) groups excluding carboxylic acids is 1. The van der Waals surface area contributed by atoms with Crippen LogP contribution in [0.5, 0.6) is 0 Å². The van der Waals surface area contributed by atoms with Crippen LogP contribution in [0.3, 0.4) is 0 Å². The fraction of sp³-hybridized carbons (Fsp3) is 0.611. The van der Waals surface area contributed by atoms with E-state index in [0.717, 1.165) is 6.42 Å². The minimum absolute atomic E-state index is 0.0581. The lowest BCUT2D eigenvalue weighted by Gasteiger charge is -2.24.